The Bertz CT molecular complexity index is 125. The predicted octanol–water partition coefficient (Wildman–Crippen LogP) is -0.0900. The minimum atomic E-state index is -0.0790. The molecular formula is C8H17NO3. The lowest BCUT2D eigenvalue weighted by Gasteiger charge is -2.06. The van der Waals surface area contributed by atoms with E-state index in [0.717, 1.165) is 0 Å². The minimum Gasteiger partial charge on any atom is -0.395 e. The fourth-order valence-electron chi connectivity index (χ4n) is 0.671. The summed E-state index contributed by atoms with van der Waals surface area (Å²) < 4.78 is 5.17. The first-order valence-corrected chi connectivity index (χ1v) is 4.16. The summed E-state index contributed by atoms with van der Waals surface area (Å²) >= 11 is 0. The van der Waals surface area contributed by atoms with Gasteiger partial charge in [-0.05, 0) is 13.8 Å². The van der Waals surface area contributed by atoms with Gasteiger partial charge in [0.05, 0.1) is 19.3 Å². The summed E-state index contributed by atoms with van der Waals surface area (Å²) in [5.41, 5.74) is 0. The van der Waals surface area contributed by atoms with Crippen molar-refractivity contribution in [2.45, 2.75) is 26.4 Å². The van der Waals surface area contributed by atoms with Gasteiger partial charge in [0.2, 0.25) is 5.91 Å². The molecule has 0 aliphatic carbocycles. The van der Waals surface area contributed by atoms with Crippen molar-refractivity contribution in [3.8, 4) is 0 Å². The molecule has 0 aliphatic rings. The largest absolute Gasteiger partial charge is 0.395 e. The quantitative estimate of drug-likeness (QED) is 0.593. The molecule has 0 bridgehead atoms. The van der Waals surface area contributed by atoms with E-state index in [-0.39, 0.29) is 18.6 Å². The summed E-state index contributed by atoms with van der Waals surface area (Å²) in [6.07, 6.45) is 0.522. The van der Waals surface area contributed by atoms with Crippen molar-refractivity contribution < 1.29 is 14.6 Å². The monoisotopic (exact) mass is 175 g/mol. The van der Waals surface area contributed by atoms with Crippen LogP contribution in [0.5, 0.6) is 0 Å². The molecule has 0 radical (unpaired) electrons. The zero-order valence-corrected chi connectivity index (χ0v) is 7.67. The average molecular weight is 175 g/mol. The first-order valence-electron chi connectivity index (χ1n) is 4.16. The molecule has 0 unspecified atom stereocenters. The first-order chi connectivity index (χ1) is 5.66. The van der Waals surface area contributed by atoms with Crippen LogP contribution in [-0.4, -0.2) is 36.9 Å². The zero-order chi connectivity index (χ0) is 9.40. The Balaban J connectivity index is 3.20. The smallest absolute Gasteiger partial charge is 0.222 e. The number of rotatable bonds is 6. The molecule has 1 amide bonds. The molecule has 0 aromatic heterocycles. The topological polar surface area (TPSA) is 58.6 Å². The van der Waals surface area contributed by atoms with E-state index in [4.69, 9.17) is 9.84 Å². The zero-order valence-electron chi connectivity index (χ0n) is 7.67. The van der Waals surface area contributed by atoms with Gasteiger partial charge in [0.1, 0.15) is 0 Å². The molecule has 0 aromatic carbocycles. The molecule has 0 heterocycles. The Hall–Kier alpha value is -0.610. The van der Waals surface area contributed by atoms with Gasteiger partial charge in [0, 0.05) is 13.0 Å². The molecule has 72 valence electrons. The Kier molecular flexibility index (Phi) is 6.70. The van der Waals surface area contributed by atoms with Crippen LogP contribution in [0, 0.1) is 0 Å². The maximum Gasteiger partial charge on any atom is 0.222 e. The maximum absolute atomic E-state index is 10.9. The Labute approximate surface area is 72.9 Å². The van der Waals surface area contributed by atoms with Gasteiger partial charge in [-0.25, -0.2) is 0 Å². The molecular weight excluding hydrogens is 158 g/mol. The lowest BCUT2D eigenvalue weighted by atomic mass is 10.4. The van der Waals surface area contributed by atoms with E-state index < -0.39 is 0 Å². The van der Waals surface area contributed by atoms with E-state index in [2.05, 4.69) is 5.32 Å². The van der Waals surface area contributed by atoms with Crippen molar-refractivity contribution in [1.82, 2.24) is 5.32 Å². The van der Waals surface area contributed by atoms with Crippen molar-refractivity contribution in [3.05, 3.63) is 0 Å². The van der Waals surface area contributed by atoms with E-state index >= 15 is 0 Å². The molecule has 12 heavy (non-hydrogen) atoms. The van der Waals surface area contributed by atoms with Gasteiger partial charge >= 0.3 is 0 Å². The SMILES string of the molecule is CC(C)OCCC(=O)NCCO. The van der Waals surface area contributed by atoms with Crippen LogP contribution < -0.4 is 5.32 Å². The Morgan fingerprint density at radius 2 is 2.25 bits per heavy atom. The van der Waals surface area contributed by atoms with Crippen molar-refractivity contribution in [1.29, 1.82) is 0 Å². The molecule has 0 aliphatic heterocycles. The van der Waals surface area contributed by atoms with Gasteiger partial charge < -0.3 is 15.2 Å². The number of ether oxygens (including phenoxy) is 1. The van der Waals surface area contributed by atoms with Crippen LogP contribution in [-0.2, 0) is 9.53 Å². The number of aliphatic hydroxyl groups is 1. The lowest BCUT2D eigenvalue weighted by Crippen LogP contribution is -2.27. The lowest BCUT2D eigenvalue weighted by molar-refractivity contribution is -0.122. The normalized spacial score (nSPS) is 10.3. The summed E-state index contributed by atoms with van der Waals surface area (Å²) in [5, 5.41) is 10.9. The standard InChI is InChI=1S/C8H17NO3/c1-7(2)12-6-3-8(11)9-4-5-10/h7,10H,3-6H2,1-2H3,(H,9,11). The van der Waals surface area contributed by atoms with Crippen LogP contribution in [0.25, 0.3) is 0 Å². The number of hydrogen-bond acceptors (Lipinski definition) is 3. The predicted molar refractivity (Wildman–Crippen MR) is 45.8 cm³/mol. The summed E-state index contributed by atoms with van der Waals surface area (Å²) in [4.78, 5) is 10.9. The number of amides is 1. The fourth-order valence-corrected chi connectivity index (χ4v) is 0.671. The molecule has 4 heteroatoms. The highest BCUT2D eigenvalue weighted by atomic mass is 16.5. The summed E-state index contributed by atoms with van der Waals surface area (Å²) in [5.74, 6) is -0.0790. The van der Waals surface area contributed by atoms with E-state index in [0.29, 0.717) is 19.6 Å². The number of carbonyl (C=O) groups is 1. The molecule has 0 rings (SSSR count). The summed E-state index contributed by atoms with van der Waals surface area (Å²) in [6.45, 7) is 4.59. The molecule has 0 spiro atoms. The first kappa shape index (κ1) is 11.4. The second-order valence-electron chi connectivity index (χ2n) is 2.74. The second kappa shape index (κ2) is 7.06. The van der Waals surface area contributed by atoms with Crippen molar-refractivity contribution in [2.24, 2.45) is 0 Å². The van der Waals surface area contributed by atoms with Gasteiger partial charge in [-0.2, -0.15) is 0 Å². The van der Waals surface area contributed by atoms with Crippen LogP contribution in [0.4, 0.5) is 0 Å². The number of nitrogens with one attached hydrogen (secondary N) is 1. The molecule has 0 saturated carbocycles. The van der Waals surface area contributed by atoms with Crippen molar-refractivity contribution >= 4 is 5.91 Å². The van der Waals surface area contributed by atoms with Crippen LogP contribution >= 0.6 is 0 Å². The molecule has 0 aromatic rings. The van der Waals surface area contributed by atoms with Gasteiger partial charge in [-0.15, -0.1) is 0 Å². The second-order valence-corrected chi connectivity index (χ2v) is 2.74. The van der Waals surface area contributed by atoms with Crippen LogP contribution in [0.3, 0.4) is 0 Å². The summed E-state index contributed by atoms with van der Waals surface area (Å²) in [6, 6.07) is 0. The van der Waals surface area contributed by atoms with Gasteiger partial charge in [-0.1, -0.05) is 0 Å². The highest BCUT2D eigenvalue weighted by Crippen LogP contribution is 1.89. The van der Waals surface area contributed by atoms with Crippen LogP contribution in [0.1, 0.15) is 20.3 Å². The van der Waals surface area contributed by atoms with Gasteiger partial charge in [-0.3, -0.25) is 4.79 Å². The minimum absolute atomic E-state index is 0.0171. The van der Waals surface area contributed by atoms with Crippen molar-refractivity contribution in [3.63, 3.8) is 0 Å². The van der Waals surface area contributed by atoms with Gasteiger partial charge in [0.15, 0.2) is 0 Å². The van der Waals surface area contributed by atoms with Crippen LogP contribution in [0.2, 0.25) is 0 Å². The molecule has 0 fully saturated rings. The highest BCUT2D eigenvalue weighted by molar-refractivity contribution is 5.75. The average Bonchev–Trinajstić information content (AvgIpc) is 2.00. The molecule has 0 saturated heterocycles. The third-order valence-corrected chi connectivity index (χ3v) is 1.21. The molecule has 0 atom stereocenters. The third-order valence-electron chi connectivity index (χ3n) is 1.21. The van der Waals surface area contributed by atoms with E-state index in [1.165, 1.54) is 0 Å². The van der Waals surface area contributed by atoms with Crippen LogP contribution in [0.15, 0.2) is 0 Å². The van der Waals surface area contributed by atoms with Crippen molar-refractivity contribution in [2.75, 3.05) is 19.8 Å². The Morgan fingerprint density at radius 3 is 2.75 bits per heavy atom. The highest BCUT2D eigenvalue weighted by Gasteiger charge is 2.00. The van der Waals surface area contributed by atoms with Gasteiger partial charge in [0.25, 0.3) is 0 Å². The van der Waals surface area contributed by atoms with E-state index in [1.54, 1.807) is 0 Å². The fraction of sp³-hybridized carbons (Fsp3) is 0.875. The number of hydrogen-bond donors (Lipinski definition) is 2. The van der Waals surface area contributed by atoms with E-state index in [1.807, 2.05) is 13.8 Å². The number of aliphatic hydroxyl groups excluding tert-OH is 1. The Morgan fingerprint density at radius 1 is 1.58 bits per heavy atom. The van der Waals surface area contributed by atoms with E-state index in [9.17, 15) is 4.79 Å². The summed E-state index contributed by atoms with van der Waals surface area (Å²) in [7, 11) is 0. The maximum atomic E-state index is 10.9. The molecule has 2 N–H and O–H groups in total. The third kappa shape index (κ3) is 7.50. The number of carbonyl (C=O) groups excluding carboxylic acids is 1. The molecule has 4 nitrogen and oxygen atoms in total.